The van der Waals surface area contributed by atoms with Gasteiger partial charge in [-0.15, -0.1) is 0 Å². The second kappa shape index (κ2) is 5.07. The van der Waals surface area contributed by atoms with Crippen molar-refractivity contribution >= 4 is 0 Å². The third-order valence-corrected chi connectivity index (χ3v) is 3.47. The van der Waals surface area contributed by atoms with E-state index < -0.39 is 5.60 Å². The minimum absolute atomic E-state index is 0.617. The molecule has 1 fully saturated rings. The van der Waals surface area contributed by atoms with Crippen molar-refractivity contribution < 1.29 is 9.84 Å². The molecule has 1 saturated carbocycles. The van der Waals surface area contributed by atoms with Crippen LogP contribution in [0.3, 0.4) is 0 Å². The van der Waals surface area contributed by atoms with Crippen LogP contribution in [0, 0.1) is 0 Å². The van der Waals surface area contributed by atoms with Crippen LogP contribution in [0.4, 0.5) is 0 Å². The topological polar surface area (TPSA) is 41.5 Å². The average Bonchev–Trinajstić information content (AvgIpc) is 3.20. The Morgan fingerprint density at radius 3 is 2.47 bits per heavy atom. The number of aliphatic hydroxyl groups is 1. The largest absolute Gasteiger partial charge is 0.497 e. The highest BCUT2D eigenvalue weighted by Gasteiger charge is 2.30. The molecular formula is C14H21NO2. The lowest BCUT2D eigenvalue weighted by atomic mass is 9.91. The smallest absolute Gasteiger partial charge is 0.118 e. The van der Waals surface area contributed by atoms with E-state index in [-0.39, 0.29) is 0 Å². The standard InChI is InChI=1S/C14H21NO2/c1-3-14(16,10-15-12-6-7-12)11-4-8-13(17-2)9-5-11/h4-5,8-9,12,15-16H,3,6-7,10H2,1-2H3. The van der Waals surface area contributed by atoms with Gasteiger partial charge in [-0.25, -0.2) is 0 Å². The van der Waals surface area contributed by atoms with Crippen LogP contribution < -0.4 is 10.1 Å². The Morgan fingerprint density at radius 2 is 2.00 bits per heavy atom. The van der Waals surface area contributed by atoms with Crippen molar-refractivity contribution in [2.45, 2.75) is 37.8 Å². The molecule has 3 heteroatoms. The van der Waals surface area contributed by atoms with Crippen molar-refractivity contribution in [1.82, 2.24) is 5.32 Å². The summed E-state index contributed by atoms with van der Waals surface area (Å²) in [6.07, 6.45) is 3.18. The van der Waals surface area contributed by atoms with Crippen molar-refractivity contribution in [2.24, 2.45) is 0 Å². The Morgan fingerprint density at radius 1 is 1.35 bits per heavy atom. The molecule has 0 spiro atoms. The van der Waals surface area contributed by atoms with Crippen molar-refractivity contribution in [3.8, 4) is 5.75 Å². The van der Waals surface area contributed by atoms with E-state index in [1.807, 2.05) is 31.2 Å². The number of nitrogens with one attached hydrogen (secondary N) is 1. The summed E-state index contributed by atoms with van der Waals surface area (Å²) in [4.78, 5) is 0. The van der Waals surface area contributed by atoms with E-state index in [9.17, 15) is 5.11 Å². The highest BCUT2D eigenvalue weighted by molar-refractivity contribution is 5.31. The number of rotatable bonds is 6. The predicted molar refractivity (Wildman–Crippen MR) is 68.2 cm³/mol. The van der Waals surface area contributed by atoms with E-state index in [1.54, 1.807) is 7.11 Å². The fourth-order valence-corrected chi connectivity index (χ4v) is 1.93. The highest BCUT2D eigenvalue weighted by Crippen LogP contribution is 2.28. The third-order valence-electron chi connectivity index (χ3n) is 3.47. The Hall–Kier alpha value is -1.06. The average molecular weight is 235 g/mol. The lowest BCUT2D eigenvalue weighted by Gasteiger charge is -2.28. The molecule has 17 heavy (non-hydrogen) atoms. The van der Waals surface area contributed by atoms with E-state index in [1.165, 1.54) is 12.8 Å². The number of hydrogen-bond acceptors (Lipinski definition) is 3. The summed E-state index contributed by atoms with van der Waals surface area (Å²) < 4.78 is 5.13. The van der Waals surface area contributed by atoms with Crippen LogP contribution >= 0.6 is 0 Å². The molecule has 3 nitrogen and oxygen atoms in total. The lowest BCUT2D eigenvalue weighted by molar-refractivity contribution is 0.0322. The van der Waals surface area contributed by atoms with Crippen LogP contribution in [0.5, 0.6) is 5.75 Å². The monoisotopic (exact) mass is 235 g/mol. The van der Waals surface area contributed by atoms with Crippen LogP contribution in [0.1, 0.15) is 31.7 Å². The molecule has 1 aliphatic rings. The minimum Gasteiger partial charge on any atom is -0.497 e. The molecule has 1 atom stereocenters. The zero-order chi connectivity index (χ0) is 12.3. The van der Waals surface area contributed by atoms with Gasteiger partial charge in [-0.2, -0.15) is 0 Å². The van der Waals surface area contributed by atoms with Gasteiger partial charge >= 0.3 is 0 Å². The number of methoxy groups -OCH3 is 1. The molecule has 1 unspecified atom stereocenters. The summed E-state index contributed by atoms with van der Waals surface area (Å²) in [5.41, 5.74) is 0.184. The first-order valence-corrected chi connectivity index (χ1v) is 6.28. The second-order valence-corrected chi connectivity index (χ2v) is 4.77. The van der Waals surface area contributed by atoms with Crippen molar-refractivity contribution in [3.63, 3.8) is 0 Å². The SMILES string of the molecule is CCC(O)(CNC1CC1)c1ccc(OC)cc1. The van der Waals surface area contributed by atoms with Crippen molar-refractivity contribution in [1.29, 1.82) is 0 Å². The van der Waals surface area contributed by atoms with Gasteiger partial charge in [0.25, 0.3) is 0 Å². The van der Waals surface area contributed by atoms with E-state index in [0.29, 0.717) is 19.0 Å². The van der Waals surface area contributed by atoms with E-state index in [2.05, 4.69) is 5.32 Å². The first-order chi connectivity index (χ1) is 8.18. The van der Waals surface area contributed by atoms with E-state index in [4.69, 9.17) is 4.74 Å². The first kappa shape index (κ1) is 12.4. The number of ether oxygens (including phenoxy) is 1. The minimum atomic E-state index is -0.769. The molecular weight excluding hydrogens is 214 g/mol. The summed E-state index contributed by atoms with van der Waals surface area (Å²) in [6, 6.07) is 8.29. The van der Waals surface area contributed by atoms with Gasteiger partial charge in [-0.1, -0.05) is 19.1 Å². The fraction of sp³-hybridized carbons (Fsp3) is 0.571. The Labute approximate surface area is 103 Å². The molecule has 1 aliphatic carbocycles. The van der Waals surface area contributed by atoms with Gasteiger partial charge in [-0.05, 0) is 37.0 Å². The van der Waals surface area contributed by atoms with Crippen LogP contribution in [0.25, 0.3) is 0 Å². The van der Waals surface area contributed by atoms with Gasteiger partial charge in [-0.3, -0.25) is 0 Å². The van der Waals surface area contributed by atoms with E-state index in [0.717, 1.165) is 11.3 Å². The summed E-state index contributed by atoms with van der Waals surface area (Å²) in [5, 5.41) is 14.0. The van der Waals surface area contributed by atoms with Crippen LogP contribution in [-0.4, -0.2) is 24.8 Å². The Balaban J connectivity index is 2.07. The summed E-state index contributed by atoms with van der Waals surface area (Å²) in [6.45, 7) is 2.64. The normalized spacial score (nSPS) is 18.8. The Bertz CT molecular complexity index is 359. The molecule has 1 aromatic rings. The van der Waals surface area contributed by atoms with Crippen LogP contribution in [0.2, 0.25) is 0 Å². The molecule has 2 rings (SSSR count). The summed E-state index contributed by atoms with van der Waals surface area (Å²) >= 11 is 0. The number of benzene rings is 1. The second-order valence-electron chi connectivity index (χ2n) is 4.77. The maximum atomic E-state index is 10.6. The molecule has 0 bridgehead atoms. The molecule has 0 aliphatic heterocycles. The van der Waals surface area contributed by atoms with Gasteiger partial charge in [0.2, 0.25) is 0 Å². The van der Waals surface area contributed by atoms with E-state index >= 15 is 0 Å². The quantitative estimate of drug-likeness (QED) is 0.793. The molecule has 94 valence electrons. The first-order valence-electron chi connectivity index (χ1n) is 6.28. The molecule has 0 amide bonds. The molecule has 0 heterocycles. The maximum Gasteiger partial charge on any atom is 0.118 e. The van der Waals surface area contributed by atoms with Gasteiger partial charge in [0.1, 0.15) is 11.4 Å². The third kappa shape index (κ3) is 2.99. The van der Waals surface area contributed by atoms with Crippen molar-refractivity contribution in [2.75, 3.05) is 13.7 Å². The molecule has 0 radical (unpaired) electrons. The van der Waals surface area contributed by atoms with Crippen molar-refractivity contribution in [3.05, 3.63) is 29.8 Å². The zero-order valence-corrected chi connectivity index (χ0v) is 10.6. The van der Waals surface area contributed by atoms with Crippen LogP contribution in [-0.2, 0) is 5.60 Å². The molecule has 0 saturated heterocycles. The highest BCUT2D eigenvalue weighted by atomic mass is 16.5. The van der Waals surface area contributed by atoms with Crippen LogP contribution in [0.15, 0.2) is 24.3 Å². The van der Waals surface area contributed by atoms with Gasteiger partial charge < -0.3 is 15.2 Å². The fourth-order valence-electron chi connectivity index (χ4n) is 1.93. The molecule has 1 aromatic carbocycles. The Kier molecular flexibility index (Phi) is 3.69. The maximum absolute atomic E-state index is 10.6. The van der Waals surface area contributed by atoms with Gasteiger partial charge in [0, 0.05) is 12.6 Å². The number of hydrogen-bond donors (Lipinski definition) is 2. The zero-order valence-electron chi connectivity index (χ0n) is 10.6. The predicted octanol–water partition coefficient (Wildman–Crippen LogP) is 2.04. The summed E-state index contributed by atoms with van der Waals surface area (Å²) in [7, 11) is 1.65. The lowest BCUT2D eigenvalue weighted by Crippen LogP contribution is -2.38. The summed E-state index contributed by atoms with van der Waals surface area (Å²) in [5.74, 6) is 0.822. The molecule has 2 N–H and O–H groups in total. The van der Waals surface area contributed by atoms with Gasteiger partial charge in [0.15, 0.2) is 0 Å². The molecule has 0 aromatic heterocycles. The van der Waals surface area contributed by atoms with Gasteiger partial charge in [0.05, 0.1) is 7.11 Å².